The fraction of sp³-hybridized carbons (Fsp3) is 0.634. The lowest BCUT2D eigenvalue weighted by molar-refractivity contribution is -0.141. The van der Waals surface area contributed by atoms with E-state index in [2.05, 4.69) is 15.4 Å². The molecule has 3 aliphatic carbocycles. The van der Waals surface area contributed by atoms with Crippen molar-refractivity contribution in [2.24, 2.45) is 5.92 Å². The normalized spacial score (nSPS) is 30.3. The number of methoxy groups -OCH3 is 1. The number of aromatic nitrogens is 1. The summed E-state index contributed by atoms with van der Waals surface area (Å²) in [6.45, 7) is 3.76. The first-order valence-corrected chi connectivity index (χ1v) is 21.8. The first-order valence-electron chi connectivity index (χ1n) is 20.3. The molecule has 15 heteroatoms. The van der Waals surface area contributed by atoms with Crippen molar-refractivity contribution >= 4 is 44.7 Å². The molecule has 3 N–H and O–H groups in total. The summed E-state index contributed by atoms with van der Waals surface area (Å²) < 4.78 is 45.7. The number of hydrogen-bond acceptors (Lipinski definition) is 10. The molecule has 0 radical (unpaired) electrons. The zero-order valence-corrected chi connectivity index (χ0v) is 33.3. The maximum absolute atomic E-state index is 14.8. The van der Waals surface area contributed by atoms with Gasteiger partial charge >= 0.3 is 6.09 Å². The van der Waals surface area contributed by atoms with Crippen molar-refractivity contribution in [1.29, 1.82) is 0 Å². The molecule has 4 fully saturated rings. The number of aryl methyl sites for hydroxylation is 1. The summed E-state index contributed by atoms with van der Waals surface area (Å²) in [5.41, 5.74) is 0.290. The monoisotopic (exact) mass is 791 g/mol. The van der Waals surface area contributed by atoms with Gasteiger partial charge in [0, 0.05) is 29.2 Å². The summed E-state index contributed by atoms with van der Waals surface area (Å²) in [4.78, 5) is 62.9. The number of rotatable bonds is 8. The fourth-order valence-corrected chi connectivity index (χ4v) is 9.99. The van der Waals surface area contributed by atoms with Crippen LogP contribution in [0, 0.1) is 5.92 Å². The van der Waals surface area contributed by atoms with Gasteiger partial charge in [0.15, 0.2) is 0 Å². The van der Waals surface area contributed by atoms with Crippen LogP contribution in [0.4, 0.5) is 4.79 Å². The second-order valence-electron chi connectivity index (χ2n) is 17.0. The molecule has 1 aromatic heterocycles. The number of benzene rings is 1. The number of nitrogens with zero attached hydrogens (tertiary/aromatic N) is 2. The summed E-state index contributed by atoms with van der Waals surface area (Å²) in [7, 11) is -2.36. The zero-order chi connectivity index (χ0) is 39.5. The summed E-state index contributed by atoms with van der Waals surface area (Å²) in [5, 5.41) is 6.70. The molecule has 0 unspecified atom stereocenters. The Kier molecular flexibility index (Phi) is 9.97. The van der Waals surface area contributed by atoms with Crippen molar-refractivity contribution in [3.63, 3.8) is 0 Å². The Hall–Kier alpha value is -4.40. The third kappa shape index (κ3) is 7.20. The number of ether oxygens (including phenoxy) is 3. The van der Waals surface area contributed by atoms with Gasteiger partial charge in [0.2, 0.25) is 21.8 Å². The first kappa shape index (κ1) is 38.5. The number of alkyl carbamates (subject to hydrolysis) is 1. The van der Waals surface area contributed by atoms with Gasteiger partial charge in [0.05, 0.1) is 36.2 Å². The summed E-state index contributed by atoms with van der Waals surface area (Å²) in [6, 6.07) is 3.79. The standard InChI is InChI=1S/C41H53N5O9S/c1-4-20-54-38(50)43-31-11-9-7-5-6-8-10-26-22-41(26,37(49)45-56(51,52)39(2)18-19-39)44-35(47)32-23-40(24-46(32)36(31)48)17-16-28-29-21-27(53-3)14-15-30(29)42-33(25-12-13-25)34(28)55-40/h8,10,14-15,21,25-26,31-32H,4-7,9,11-13,16-20,22-24H2,1-3H3,(H,43,50)(H,44,47)(H,45,49)/b10-8-/t26-,31+,32+,40-,41-/m1/s1. The Morgan fingerprint density at radius 2 is 1.89 bits per heavy atom. The molecule has 6 aliphatic rings. The van der Waals surface area contributed by atoms with Crippen molar-refractivity contribution in [3.05, 3.63) is 41.6 Å². The highest BCUT2D eigenvalue weighted by atomic mass is 32.2. The molecule has 3 saturated carbocycles. The minimum atomic E-state index is -3.98. The molecule has 0 bridgehead atoms. The van der Waals surface area contributed by atoms with E-state index in [4.69, 9.17) is 19.2 Å². The number of amides is 4. The van der Waals surface area contributed by atoms with E-state index in [1.165, 1.54) is 4.90 Å². The van der Waals surface area contributed by atoms with Gasteiger partial charge in [-0.2, -0.15) is 0 Å². The highest BCUT2D eigenvalue weighted by molar-refractivity contribution is 7.91. The van der Waals surface area contributed by atoms with Crippen molar-refractivity contribution < 1.29 is 41.8 Å². The Morgan fingerprint density at radius 1 is 1.09 bits per heavy atom. The van der Waals surface area contributed by atoms with Crippen LogP contribution in [0.15, 0.2) is 30.4 Å². The molecule has 1 aromatic carbocycles. The maximum Gasteiger partial charge on any atom is 0.407 e. The van der Waals surface area contributed by atoms with Crippen LogP contribution >= 0.6 is 0 Å². The molecule has 2 aromatic rings. The lowest BCUT2D eigenvalue weighted by atomic mass is 9.86. The lowest BCUT2D eigenvalue weighted by Gasteiger charge is -2.37. The Bertz CT molecular complexity index is 2080. The summed E-state index contributed by atoms with van der Waals surface area (Å²) >= 11 is 0. The SMILES string of the molecule is CCCOC(=O)N[C@H]1CCCCC/C=C\[C@@H]2C[C@@]2(C(=O)NS(=O)(=O)C2(C)CC2)NC(=O)[C@@H]2C[C@]3(CCc4c(c(C5CC5)nc5ccc(OC)cc45)O3)CN2C1=O. The molecule has 5 atom stereocenters. The minimum Gasteiger partial charge on any atom is -0.497 e. The first-order chi connectivity index (χ1) is 26.8. The number of fused-ring (bicyclic) bond motifs is 5. The molecule has 4 heterocycles. The van der Waals surface area contributed by atoms with Crippen molar-refractivity contribution in [1.82, 2.24) is 25.2 Å². The number of sulfonamides is 1. The van der Waals surface area contributed by atoms with Gasteiger partial charge in [0.1, 0.15) is 34.7 Å². The average Bonchev–Trinajstić information content (AvgIpc) is 4.12. The van der Waals surface area contributed by atoms with Crippen LogP contribution in [-0.2, 0) is 35.6 Å². The van der Waals surface area contributed by atoms with E-state index in [9.17, 15) is 27.6 Å². The van der Waals surface area contributed by atoms with Crippen LogP contribution in [0.2, 0.25) is 0 Å². The highest BCUT2D eigenvalue weighted by Gasteiger charge is 2.64. The van der Waals surface area contributed by atoms with E-state index in [-0.39, 0.29) is 31.9 Å². The van der Waals surface area contributed by atoms with Crippen LogP contribution in [0.1, 0.15) is 114 Å². The molecular formula is C41H53N5O9S. The molecule has 8 rings (SSSR count). The van der Waals surface area contributed by atoms with E-state index < -0.39 is 67.7 Å². The van der Waals surface area contributed by atoms with Gasteiger partial charge in [-0.15, -0.1) is 0 Å². The van der Waals surface area contributed by atoms with Crippen LogP contribution in [-0.4, -0.2) is 90.3 Å². The second kappa shape index (κ2) is 14.5. The van der Waals surface area contributed by atoms with Gasteiger partial charge in [-0.25, -0.2) is 18.2 Å². The highest BCUT2D eigenvalue weighted by Crippen LogP contribution is 2.52. The molecule has 14 nitrogen and oxygen atoms in total. The van der Waals surface area contributed by atoms with Crippen molar-refractivity contribution in [3.8, 4) is 11.5 Å². The number of carbonyl (C=O) groups excluding carboxylic acids is 4. The van der Waals surface area contributed by atoms with Crippen LogP contribution < -0.4 is 24.8 Å². The summed E-state index contributed by atoms with van der Waals surface area (Å²) in [5.74, 6) is -0.555. The largest absolute Gasteiger partial charge is 0.497 e. The molecule has 302 valence electrons. The van der Waals surface area contributed by atoms with E-state index >= 15 is 0 Å². The minimum absolute atomic E-state index is 0.0705. The molecule has 56 heavy (non-hydrogen) atoms. The average molecular weight is 792 g/mol. The topological polar surface area (TPSA) is 182 Å². The molecule has 3 aliphatic heterocycles. The number of hydrogen-bond donors (Lipinski definition) is 3. The van der Waals surface area contributed by atoms with Gasteiger partial charge in [-0.05, 0) is 95.8 Å². The van der Waals surface area contributed by atoms with E-state index in [1.807, 2.05) is 37.3 Å². The van der Waals surface area contributed by atoms with Crippen LogP contribution in [0.5, 0.6) is 11.5 Å². The number of pyridine rings is 1. The third-order valence-electron chi connectivity index (χ3n) is 12.7. The van der Waals surface area contributed by atoms with E-state index in [0.717, 1.165) is 47.8 Å². The van der Waals surface area contributed by atoms with E-state index in [0.29, 0.717) is 62.9 Å². The van der Waals surface area contributed by atoms with Gasteiger partial charge in [-0.1, -0.05) is 31.9 Å². The fourth-order valence-electron chi connectivity index (χ4n) is 8.67. The van der Waals surface area contributed by atoms with Gasteiger partial charge in [0.25, 0.3) is 5.91 Å². The lowest BCUT2D eigenvalue weighted by Crippen LogP contribution is -2.58. The Labute approximate surface area is 327 Å². The predicted octanol–water partition coefficient (Wildman–Crippen LogP) is 4.68. The van der Waals surface area contributed by atoms with Crippen molar-refractivity contribution in [2.75, 3.05) is 20.3 Å². The molecule has 4 amide bonds. The molecule has 1 spiro atoms. The second-order valence-corrected chi connectivity index (χ2v) is 19.2. The maximum atomic E-state index is 14.8. The number of carbonyl (C=O) groups is 4. The molecule has 1 saturated heterocycles. The van der Waals surface area contributed by atoms with Gasteiger partial charge < -0.3 is 29.7 Å². The summed E-state index contributed by atoms with van der Waals surface area (Å²) in [6.07, 6.45) is 11.4. The predicted molar refractivity (Wildman–Crippen MR) is 207 cm³/mol. The van der Waals surface area contributed by atoms with Crippen LogP contribution in [0.3, 0.4) is 0 Å². The smallest absolute Gasteiger partial charge is 0.407 e. The van der Waals surface area contributed by atoms with Crippen LogP contribution in [0.25, 0.3) is 10.9 Å². The number of allylic oxidation sites excluding steroid dienone is 1. The molecular weight excluding hydrogens is 739 g/mol. The zero-order valence-electron chi connectivity index (χ0n) is 32.5. The van der Waals surface area contributed by atoms with Crippen molar-refractivity contribution in [2.45, 2.75) is 138 Å². The van der Waals surface area contributed by atoms with E-state index in [1.54, 1.807) is 14.0 Å². The van der Waals surface area contributed by atoms with Gasteiger partial charge in [-0.3, -0.25) is 19.1 Å². The quantitative estimate of drug-likeness (QED) is 0.318. The number of nitrogens with one attached hydrogen (secondary N) is 3. The Morgan fingerprint density at radius 3 is 2.62 bits per heavy atom. The Balaban J connectivity index is 1.15. The third-order valence-corrected chi connectivity index (χ3v) is 14.9.